The maximum Gasteiger partial charge on any atom is 0.0831 e. The molecule has 1 aliphatic heterocycles. The molecule has 0 N–H and O–H groups in total. The minimum Gasteiger partial charge on any atom is -0.257 e. The van der Waals surface area contributed by atoms with Crippen LogP contribution in [0.4, 0.5) is 5.69 Å². The van der Waals surface area contributed by atoms with E-state index in [0.29, 0.717) is 0 Å². The summed E-state index contributed by atoms with van der Waals surface area (Å²) >= 11 is 7.10. The number of nitrogens with zero attached hydrogens (tertiary/aromatic N) is 2. The van der Waals surface area contributed by atoms with Crippen molar-refractivity contribution in [1.82, 2.24) is 0 Å². The van der Waals surface area contributed by atoms with Crippen LogP contribution in [0.15, 0.2) is 92.9 Å². The molecule has 3 aromatic carbocycles. The van der Waals surface area contributed by atoms with Gasteiger partial charge in [-0.3, -0.25) is 5.01 Å². The van der Waals surface area contributed by atoms with Crippen LogP contribution in [0.1, 0.15) is 23.6 Å². The van der Waals surface area contributed by atoms with Crippen LogP contribution >= 0.6 is 31.9 Å². The van der Waals surface area contributed by atoms with E-state index in [1.807, 2.05) is 18.2 Å². The van der Waals surface area contributed by atoms with Gasteiger partial charge in [-0.2, -0.15) is 5.10 Å². The van der Waals surface area contributed by atoms with E-state index in [4.69, 9.17) is 5.10 Å². The summed E-state index contributed by atoms with van der Waals surface area (Å²) in [4.78, 5) is 0. The third kappa shape index (κ3) is 3.55. The lowest BCUT2D eigenvalue weighted by Gasteiger charge is -2.24. The van der Waals surface area contributed by atoms with E-state index < -0.39 is 0 Å². The lowest BCUT2D eigenvalue weighted by atomic mass is 9.98. The number of benzene rings is 3. The Hall–Kier alpha value is -1.91. The first-order valence-corrected chi connectivity index (χ1v) is 9.72. The average molecular weight is 456 g/mol. The average Bonchev–Trinajstić information content (AvgIpc) is 3.08. The summed E-state index contributed by atoms with van der Waals surface area (Å²) < 4.78 is 2.15. The van der Waals surface area contributed by atoms with E-state index in [9.17, 15) is 0 Å². The Kier molecular flexibility index (Phi) is 4.73. The van der Waals surface area contributed by atoms with Crippen molar-refractivity contribution in [1.29, 1.82) is 0 Å². The molecule has 0 fully saturated rings. The fourth-order valence-corrected chi connectivity index (χ4v) is 3.77. The molecular weight excluding hydrogens is 440 g/mol. The van der Waals surface area contributed by atoms with Crippen LogP contribution in [0, 0.1) is 0 Å². The zero-order chi connectivity index (χ0) is 17.2. The fraction of sp³-hybridized carbons (Fsp3) is 0.0952. The number of hydrazone groups is 1. The van der Waals surface area contributed by atoms with Crippen LogP contribution in [0.5, 0.6) is 0 Å². The zero-order valence-corrected chi connectivity index (χ0v) is 16.6. The van der Waals surface area contributed by atoms with Gasteiger partial charge in [0.2, 0.25) is 0 Å². The first-order chi connectivity index (χ1) is 12.2. The smallest absolute Gasteiger partial charge is 0.0831 e. The van der Waals surface area contributed by atoms with Crippen molar-refractivity contribution in [3.8, 4) is 0 Å². The molecule has 1 atom stereocenters. The second-order valence-electron chi connectivity index (χ2n) is 6.01. The lowest BCUT2D eigenvalue weighted by Crippen LogP contribution is -2.18. The number of hydrogen-bond acceptors (Lipinski definition) is 2. The molecule has 4 rings (SSSR count). The molecule has 0 bridgehead atoms. The highest BCUT2D eigenvalue weighted by molar-refractivity contribution is 9.10. The van der Waals surface area contributed by atoms with Crippen LogP contribution in [0.2, 0.25) is 0 Å². The Bertz CT molecular complexity index is 905. The number of hydrogen-bond donors (Lipinski definition) is 0. The highest BCUT2D eigenvalue weighted by Gasteiger charge is 2.29. The van der Waals surface area contributed by atoms with Gasteiger partial charge in [-0.25, -0.2) is 0 Å². The molecule has 25 heavy (non-hydrogen) atoms. The van der Waals surface area contributed by atoms with Crippen molar-refractivity contribution in [3.63, 3.8) is 0 Å². The molecule has 3 aromatic rings. The normalized spacial score (nSPS) is 16.8. The lowest BCUT2D eigenvalue weighted by molar-refractivity contribution is 0.708. The summed E-state index contributed by atoms with van der Waals surface area (Å²) in [6.07, 6.45) is 0.887. The van der Waals surface area contributed by atoms with Crippen LogP contribution in [0.25, 0.3) is 0 Å². The molecule has 0 saturated heterocycles. The summed E-state index contributed by atoms with van der Waals surface area (Å²) in [5.41, 5.74) is 4.65. The van der Waals surface area contributed by atoms with E-state index in [1.54, 1.807) is 0 Å². The van der Waals surface area contributed by atoms with Gasteiger partial charge in [0.1, 0.15) is 0 Å². The third-order valence-electron chi connectivity index (χ3n) is 4.34. The molecule has 1 heterocycles. The molecule has 0 spiro atoms. The van der Waals surface area contributed by atoms with Gasteiger partial charge in [-0.05, 0) is 41.5 Å². The monoisotopic (exact) mass is 454 g/mol. The summed E-state index contributed by atoms with van der Waals surface area (Å²) in [7, 11) is 0. The Morgan fingerprint density at radius 3 is 2.28 bits per heavy atom. The topological polar surface area (TPSA) is 15.6 Å². The van der Waals surface area contributed by atoms with Crippen molar-refractivity contribution < 1.29 is 0 Å². The highest BCUT2D eigenvalue weighted by atomic mass is 79.9. The van der Waals surface area contributed by atoms with Gasteiger partial charge in [0.25, 0.3) is 0 Å². The van der Waals surface area contributed by atoms with Crippen LogP contribution in [0.3, 0.4) is 0 Å². The van der Waals surface area contributed by atoms with Gasteiger partial charge in [0.15, 0.2) is 0 Å². The Labute approximate surface area is 164 Å². The van der Waals surface area contributed by atoms with E-state index in [2.05, 4.69) is 97.5 Å². The maximum atomic E-state index is 4.97. The van der Waals surface area contributed by atoms with Gasteiger partial charge in [0, 0.05) is 15.4 Å². The van der Waals surface area contributed by atoms with E-state index in [0.717, 1.165) is 26.8 Å². The SMILES string of the molecule is Brc1ccc([C@@H]2CC(c3ccccc3)=NN2c2cccc(Br)c2)cc1. The Morgan fingerprint density at radius 1 is 0.800 bits per heavy atom. The summed E-state index contributed by atoms with van der Waals surface area (Å²) in [5, 5.41) is 7.10. The fourth-order valence-electron chi connectivity index (χ4n) is 3.12. The Morgan fingerprint density at radius 2 is 1.56 bits per heavy atom. The molecule has 1 aliphatic rings. The first kappa shape index (κ1) is 16.6. The van der Waals surface area contributed by atoms with E-state index in [-0.39, 0.29) is 6.04 Å². The van der Waals surface area contributed by atoms with Gasteiger partial charge in [0.05, 0.1) is 17.4 Å². The zero-order valence-electron chi connectivity index (χ0n) is 13.4. The number of anilines is 1. The van der Waals surface area contributed by atoms with Crippen molar-refractivity contribution in [2.75, 3.05) is 5.01 Å². The van der Waals surface area contributed by atoms with Crippen molar-refractivity contribution in [2.45, 2.75) is 12.5 Å². The molecule has 2 nitrogen and oxygen atoms in total. The van der Waals surface area contributed by atoms with E-state index >= 15 is 0 Å². The largest absolute Gasteiger partial charge is 0.257 e. The van der Waals surface area contributed by atoms with Crippen molar-refractivity contribution >= 4 is 43.3 Å². The maximum absolute atomic E-state index is 4.97. The Balaban J connectivity index is 1.76. The van der Waals surface area contributed by atoms with Crippen molar-refractivity contribution in [3.05, 3.63) is 98.9 Å². The van der Waals surface area contributed by atoms with Gasteiger partial charge < -0.3 is 0 Å². The number of halogens is 2. The molecule has 0 radical (unpaired) electrons. The quantitative estimate of drug-likeness (QED) is 0.436. The molecule has 124 valence electrons. The van der Waals surface area contributed by atoms with Gasteiger partial charge >= 0.3 is 0 Å². The third-order valence-corrected chi connectivity index (χ3v) is 5.37. The molecular formula is C21H16Br2N2. The summed E-state index contributed by atoms with van der Waals surface area (Å²) in [6, 6.07) is 27.4. The van der Waals surface area contributed by atoms with Gasteiger partial charge in [-0.15, -0.1) is 0 Å². The van der Waals surface area contributed by atoms with Crippen LogP contribution in [-0.4, -0.2) is 5.71 Å². The minimum absolute atomic E-state index is 0.192. The molecule has 4 heteroatoms. The number of rotatable bonds is 3. The predicted molar refractivity (Wildman–Crippen MR) is 111 cm³/mol. The molecule has 0 unspecified atom stereocenters. The molecule has 0 amide bonds. The summed E-state index contributed by atoms with van der Waals surface area (Å²) in [6.45, 7) is 0. The molecule has 0 aromatic heterocycles. The van der Waals surface area contributed by atoms with Crippen LogP contribution in [-0.2, 0) is 0 Å². The second-order valence-corrected chi connectivity index (χ2v) is 7.84. The standard InChI is InChI=1S/C21H16Br2N2/c22-17-11-9-16(10-12-17)21-14-20(15-5-2-1-3-6-15)24-25(21)19-8-4-7-18(23)13-19/h1-13,21H,14H2/t21-/m0/s1. The van der Waals surface area contributed by atoms with Gasteiger partial charge in [-0.1, -0.05) is 80.4 Å². The second kappa shape index (κ2) is 7.14. The predicted octanol–water partition coefficient (Wildman–Crippen LogP) is 6.57. The first-order valence-electron chi connectivity index (χ1n) is 8.14. The van der Waals surface area contributed by atoms with E-state index in [1.165, 1.54) is 11.1 Å². The highest BCUT2D eigenvalue weighted by Crippen LogP contribution is 2.37. The summed E-state index contributed by atoms with van der Waals surface area (Å²) in [5.74, 6) is 0. The van der Waals surface area contributed by atoms with Crippen LogP contribution < -0.4 is 5.01 Å². The van der Waals surface area contributed by atoms with Crippen molar-refractivity contribution in [2.24, 2.45) is 5.10 Å². The molecule has 0 saturated carbocycles. The molecule has 0 aliphatic carbocycles. The minimum atomic E-state index is 0.192.